The van der Waals surface area contributed by atoms with Gasteiger partial charge in [-0.15, -0.1) is 0 Å². The number of ether oxygens (including phenoxy) is 1. The Bertz CT molecular complexity index is 1350. The summed E-state index contributed by atoms with van der Waals surface area (Å²) in [5, 5.41) is 9.27. The third-order valence-corrected chi connectivity index (χ3v) is 6.16. The normalized spacial score (nSPS) is 15.3. The number of imidazole rings is 1. The van der Waals surface area contributed by atoms with Crippen molar-refractivity contribution < 1.29 is 19.1 Å². The van der Waals surface area contributed by atoms with E-state index in [1.54, 1.807) is 36.4 Å². The van der Waals surface area contributed by atoms with Gasteiger partial charge >= 0.3 is 6.09 Å². The van der Waals surface area contributed by atoms with Gasteiger partial charge in [0.05, 0.1) is 25.3 Å². The number of carbonyl (C=O) groups excluding carboxylic acids is 3. The fraction of sp³-hybridized carbons (Fsp3) is 0.231. The number of fused-ring (bicyclic) bond motifs is 4. The Labute approximate surface area is 223 Å². The van der Waals surface area contributed by atoms with Crippen LogP contribution >= 0.6 is 23.2 Å². The number of benzene rings is 2. The molecule has 2 bridgehead atoms. The number of amides is 3. The van der Waals surface area contributed by atoms with Crippen molar-refractivity contribution in [3.63, 3.8) is 0 Å². The first-order chi connectivity index (χ1) is 17.8. The van der Waals surface area contributed by atoms with Gasteiger partial charge in [0.15, 0.2) is 0 Å². The molecule has 2 heterocycles. The molecule has 0 saturated heterocycles. The zero-order valence-corrected chi connectivity index (χ0v) is 21.4. The van der Waals surface area contributed by atoms with Gasteiger partial charge in [-0.25, -0.2) is 9.78 Å². The van der Waals surface area contributed by atoms with Crippen LogP contribution in [0.4, 0.5) is 16.2 Å². The van der Waals surface area contributed by atoms with Crippen molar-refractivity contribution in [1.82, 2.24) is 15.3 Å². The second-order valence-electron chi connectivity index (χ2n) is 8.38. The molecule has 4 rings (SSSR count). The summed E-state index contributed by atoms with van der Waals surface area (Å²) < 4.78 is 4.65. The molecule has 1 unspecified atom stereocenters. The lowest BCUT2D eigenvalue weighted by molar-refractivity contribution is -0.121. The smallest absolute Gasteiger partial charge is 0.411 e. The molecule has 1 aliphatic rings. The van der Waals surface area contributed by atoms with E-state index in [0.717, 1.165) is 5.56 Å². The van der Waals surface area contributed by atoms with Gasteiger partial charge in [0.25, 0.3) is 0 Å². The van der Waals surface area contributed by atoms with E-state index in [9.17, 15) is 14.4 Å². The number of hydrogen-bond donors (Lipinski definition) is 4. The molecule has 37 heavy (non-hydrogen) atoms. The molecule has 0 aliphatic carbocycles. The summed E-state index contributed by atoms with van der Waals surface area (Å²) >= 11 is 12.6. The Balaban J connectivity index is 1.66. The molecular formula is C26H25Cl2N5O4. The summed E-state index contributed by atoms with van der Waals surface area (Å²) in [7, 11) is 1.26. The summed E-state index contributed by atoms with van der Waals surface area (Å²) in [5.41, 5.74) is 2.58. The number of rotatable bonds is 4. The Morgan fingerprint density at radius 1 is 1.16 bits per heavy atom. The number of aromatic amines is 1. The maximum atomic E-state index is 12.9. The summed E-state index contributed by atoms with van der Waals surface area (Å²) in [6.07, 6.45) is 4.49. The van der Waals surface area contributed by atoms with E-state index in [4.69, 9.17) is 23.2 Å². The average molecular weight is 542 g/mol. The number of halogens is 2. The lowest BCUT2D eigenvalue weighted by Crippen LogP contribution is -2.30. The van der Waals surface area contributed by atoms with E-state index in [2.05, 4.69) is 30.7 Å². The fourth-order valence-electron chi connectivity index (χ4n) is 3.91. The molecule has 9 nitrogen and oxygen atoms in total. The van der Waals surface area contributed by atoms with E-state index in [1.165, 1.54) is 7.11 Å². The number of methoxy groups -OCH3 is 1. The molecule has 0 radical (unpaired) electrons. The van der Waals surface area contributed by atoms with E-state index >= 15 is 0 Å². The highest BCUT2D eigenvalue weighted by molar-refractivity contribution is 6.32. The summed E-state index contributed by atoms with van der Waals surface area (Å²) in [6.45, 7) is 0. The minimum absolute atomic E-state index is 0.152. The third kappa shape index (κ3) is 6.90. The number of H-pyrrole nitrogens is 1. The molecule has 3 amide bonds. The van der Waals surface area contributed by atoms with Gasteiger partial charge < -0.3 is 20.4 Å². The summed E-state index contributed by atoms with van der Waals surface area (Å²) in [6, 6.07) is 11.6. The lowest BCUT2D eigenvalue weighted by Gasteiger charge is -2.15. The molecule has 3 aromatic rings. The molecule has 4 N–H and O–H groups in total. The maximum Gasteiger partial charge on any atom is 0.411 e. The number of allylic oxidation sites excluding steroid dienone is 1. The Morgan fingerprint density at radius 2 is 2.00 bits per heavy atom. The third-order valence-electron chi connectivity index (χ3n) is 5.65. The SMILES string of the molecule is COC(=O)Nc1ccc2c(c1)NC(=O)CCC=CCC(NC(=O)Cc1cccc(Cl)c1)c1nc-2c(Cl)[nH]1. The fourth-order valence-corrected chi connectivity index (χ4v) is 4.36. The van der Waals surface area contributed by atoms with Gasteiger partial charge in [0.1, 0.15) is 16.7 Å². The largest absolute Gasteiger partial charge is 0.453 e. The molecule has 1 atom stereocenters. The van der Waals surface area contributed by atoms with Crippen LogP contribution in [0.1, 0.15) is 36.7 Å². The molecule has 192 valence electrons. The second kappa shape index (κ2) is 11.9. The first-order valence-electron chi connectivity index (χ1n) is 11.6. The number of hydrogen-bond acceptors (Lipinski definition) is 5. The van der Waals surface area contributed by atoms with Crippen LogP contribution in [0.2, 0.25) is 10.2 Å². The highest BCUT2D eigenvalue weighted by Gasteiger charge is 2.23. The molecule has 0 fully saturated rings. The zero-order valence-electron chi connectivity index (χ0n) is 19.9. The van der Waals surface area contributed by atoms with Crippen molar-refractivity contribution in [3.05, 3.63) is 76.2 Å². The molecule has 11 heteroatoms. The van der Waals surface area contributed by atoms with Gasteiger partial charge in [-0.05, 0) is 48.7 Å². The van der Waals surface area contributed by atoms with Crippen LogP contribution in [0.15, 0.2) is 54.6 Å². The van der Waals surface area contributed by atoms with Crippen LogP contribution in [0.25, 0.3) is 11.3 Å². The van der Waals surface area contributed by atoms with Gasteiger partial charge in [-0.3, -0.25) is 14.9 Å². The first-order valence-corrected chi connectivity index (χ1v) is 12.3. The molecule has 1 aromatic heterocycles. The number of nitrogens with zero attached hydrogens (tertiary/aromatic N) is 1. The van der Waals surface area contributed by atoms with Crippen molar-refractivity contribution in [2.45, 2.75) is 31.7 Å². The summed E-state index contributed by atoms with van der Waals surface area (Å²) in [5.74, 6) is 0.0610. The van der Waals surface area contributed by atoms with Crippen LogP contribution in [0.5, 0.6) is 0 Å². The predicted molar refractivity (Wildman–Crippen MR) is 143 cm³/mol. The Hall–Kier alpha value is -3.82. The number of carbonyl (C=O) groups is 3. The van der Waals surface area contributed by atoms with Gasteiger partial charge in [0, 0.05) is 22.7 Å². The molecule has 2 aromatic carbocycles. The van der Waals surface area contributed by atoms with Gasteiger partial charge in [0.2, 0.25) is 11.8 Å². The Morgan fingerprint density at radius 3 is 2.78 bits per heavy atom. The van der Waals surface area contributed by atoms with E-state index in [1.807, 2.05) is 18.2 Å². The van der Waals surface area contributed by atoms with Gasteiger partial charge in [-0.1, -0.05) is 47.5 Å². The van der Waals surface area contributed by atoms with Crippen molar-refractivity contribution >= 4 is 52.5 Å². The standard InChI is InChI=1S/C26H25Cl2N5O4/c1-37-26(36)29-17-10-11-18-20(14-17)31-21(34)9-4-2-3-8-19(25-32-23(18)24(28)33-25)30-22(35)13-15-6-5-7-16(27)12-15/h2-3,5-7,10-12,14,19H,4,8-9,13H2,1H3,(H,29,36)(H,30,35)(H,31,34)(H,32,33). The minimum atomic E-state index is -0.641. The van der Waals surface area contributed by atoms with Crippen LogP contribution < -0.4 is 16.0 Å². The molecular weight excluding hydrogens is 517 g/mol. The first kappa shape index (κ1) is 26.2. The highest BCUT2D eigenvalue weighted by atomic mass is 35.5. The van der Waals surface area contributed by atoms with E-state index in [-0.39, 0.29) is 29.8 Å². The molecule has 1 aliphatic heterocycles. The van der Waals surface area contributed by atoms with E-state index in [0.29, 0.717) is 46.3 Å². The maximum absolute atomic E-state index is 12.9. The van der Waals surface area contributed by atoms with Crippen LogP contribution in [0, 0.1) is 0 Å². The van der Waals surface area contributed by atoms with Crippen LogP contribution in [0.3, 0.4) is 0 Å². The number of nitrogens with one attached hydrogen (secondary N) is 4. The monoisotopic (exact) mass is 541 g/mol. The lowest BCUT2D eigenvalue weighted by atomic mass is 10.1. The second-order valence-corrected chi connectivity index (χ2v) is 9.20. The molecule has 0 saturated carbocycles. The number of anilines is 2. The van der Waals surface area contributed by atoms with Crippen molar-refractivity contribution in [2.24, 2.45) is 0 Å². The van der Waals surface area contributed by atoms with Crippen molar-refractivity contribution in [3.8, 4) is 11.3 Å². The average Bonchev–Trinajstić information content (AvgIpc) is 3.24. The molecule has 0 spiro atoms. The van der Waals surface area contributed by atoms with Crippen molar-refractivity contribution in [2.75, 3.05) is 17.7 Å². The van der Waals surface area contributed by atoms with E-state index < -0.39 is 12.1 Å². The zero-order chi connectivity index (χ0) is 26.4. The quantitative estimate of drug-likeness (QED) is 0.318. The van der Waals surface area contributed by atoms with Crippen LogP contribution in [-0.2, 0) is 20.7 Å². The topological polar surface area (TPSA) is 125 Å². The van der Waals surface area contributed by atoms with Gasteiger partial charge in [-0.2, -0.15) is 0 Å². The Kier molecular flexibility index (Phi) is 8.47. The van der Waals surface area contributed by atoms with Crippen molar-refractivity contribution in [1.29, 1.82) is 0 Å². The number of aromatic nitrogens is 2. The summed E-state index contributed by atoms with van der Waals surface area (Å²) in [4.78, 5) is 44.9. The predicted octanol–water partition coefficient (Wildman–Crippen LogP) is 5.64. The van der Waals surface area contributed by atoms with Crippen LogP contribution in [-0.4, -0.2) is 35.0 Å². The highest BCUT2D eigenvalue weighted by Crippen LogP contribution is 2.35. The minimum Gasteiger partial charge on any atom is -0.453 e.